The Kier molecular flexibility index (Phi) is 5.07. The molecule has 1 atom stereocenters. The van der Waals surface area contributed by atoms with Crippen molar-refractivity contribution < 1.29 is 0 Å². The van der Waals surface area contributed by atoms with Crippen LogP contribution >= 0.6 is 27.3 Å². The maximum atomic E-state index is 13.4. The standard InChI is InChI=1S/C25H17BrN2OS/c26-20-13-11-19(12-14-20)22-16-21(18-9-5-2-6-10-18)27-25-28(22)24(29)23(30-25)15-17-7-3-1-4-8-17/h1-16,22H. The van der Waals surface area contributed by atoms with E-state index in [-0.39, 0.29) is 11.6 Å². The lowest BCUT2D eigenvalue weighted by Crippen LogP contribution is -2.36. The monoisotopic (exact) mass is 472 g/mol. The zero-order valence-corrected chi connectivity index (χ0v) is 18.3. The van der Waals surface area contributed by atoms with Gasteiger partial charge in [-0.1, -0.05) is 100 Å². The molecule has 0 aliphatic carbocycles. The van der Waals surface area contributed by atoms with Gasteiger partial charge in [0.25, 0.3) is 5.56 Å². The minimum Gasteiger partial charge on any atom is -0.272 e. The first kappa shape index (κ1) is 19.0. The Morgan fingerprint density at radius 3 is 2.27 bits per heavy atom. The topological polar surface area (TPSA) is 34.4 Å². The fraction of sp³-hybridized carbons (Fsp3) is 0.0400. The van der Waals surface area contributed by atoms with Crippen LogP contribution in [0.2, 0.25) is 0 Å². The lowest BCUT2D eigenvalue weighted by atomic mass is 10.0. The van der Waals surface area contributed by atoms with E-state index in [1.807, 2.05) is 91.0 Å². The first-order chi connectivity index (χ1) is 14.7. The third kappa shape index (κ3) is 3.62. The molecule has 1 aliphatic rings. The molecular formula is C25H17BrN2OS. The maximum absolute atomic E-state index is 13.4. The molecular weight excluding hydrogens is 456 g/mol. The molecule has 3 nitrogen and oxygen atoms in total. The molecule has 0 spiro atoms. The Hall–Kier alpha value is -3.02. The normalized spacial score (nSPS) is 16.0. The van der Waals surface area contributed by atoms with Crippen molar-refractivity contribution in [2.75, 3.05) is 0 Å². The van der Waals surface area contributed by atoms with Gasteiger partial charge in [-0.25, -0.2) is 4.99 Å². The predicted molar refractivity (Wildman–Crippen MR) is 126 cm³/mol. The average molecular weight is 473 g/mol. The van der Waals surface area contributed by atoms with E-state index in [4.69, 9.17) is 4.99 Å². The molecule has 5 heteroatoms. The van der Waals surface area contributed by atoms with E-state index in [9.17, 15) is 4.79 Å². The highest BCUT2D eigenvalue weighted by Crippen LogP contribution is 2.27. The number of benzene rings is 3. The molecule has 4 aromatic rings. The van der Waals surface area contributed by atoms with E-state index in [2.05, 4.69) is 22.0 Å². The SMILES string of the molecule is O=c1c(=Cc2ccccc2)sc2n1C(c1ccc(Br)cc1)C=C(c1ccccc1)N=2. The third-order valence-corrected chi connectivity index (χ3v) is 6.54. The first-order valence-corrected chi connectivity index (χ1v) is 11.2. The Balaban J connectivity index is 1.74. The second-order valence-corrected chi connectivity index (χ2v) is 8.93. The fourth-order valence-electron chi connectivity index (χ4n) is 3.55. The van der Waals surface area contributed by atoms with E-state index in [1.165, 1.54) is 11.3 Å². The summed E-state index contributed by atoms with van der Waals surface area (Å²) < 4.78 is 3.49. The number of aromatic nitrogens is 1. The highest BCUT2D eigenvalue weighted by Gasteiger charge is 2.22. The van der Waals surface area contributed by atoms with Crippen molar-refractivity contribution in [3.63, 3.8) is 0 Å². The van der Waals surface area contributed by atoms with Crippen molar-refractivity contribution in [2.24, 2.45) is 4.99 Å². The van der Waals surface area contributed by atoms with Gasteiger partial charge in [-0.15, -0.1) is 0 Å². The Morgan fingerprint density at radius 2 is 1.57 bits per heavy atom. The summed E-state index contributed by atoms with van der Waals surface area (Å²) in [5.74, 6) is 0. The summed E-state index contributed by atoms with van der Waals surface area (Å²) in [6.07, 6.45) is 4.01. The molecule has 0 N–H and O–H groups in total. The molecule has 0 saturated heterocycles. The number of rotatable bonds is 3. The van der Waals surface area contributed by atoms with Gasteiger partial charge < -0.3 is 0 Å². The molecule has 3 aromatic carbocycles. The largest absolute Gasteiger partial charge is 0.272 e. The smallest absolute Gasteiger partial charge is 0.271 e. The van der Waals surface area contributed by atoms with Crippen LogP contribution in [-0.2, 0) is 0 Å². The molecule has 0 saturated carbocycles. The third-order valence-electron chi connectivity index (χ3n) is 5.03. The number of allylic oxidation sites excluding steroid dienone is 1. The predicted octanol–water partition coefficient (Wildman–Crippen LogP) is 4.76. The highest BCUT2D eigenvalue weighted by atomic mass is 79.9. The van der Waals surface area contributed by atoms with Crippen LogP contribution in [0, 0.1) is 0 Å². The second-order valence-electron chi connectivity index (χ2n) is 7.01. The number of hydrogen-bond donors (Lipinski definition) is 0. The van der Waals surface area contributed by atoms with E-state index < -0.39 is 0 Å². The lowest BCUT2D eigenvalue weighted by Gasteiger charge is -2.19. The maximum Gasteiger partial charge on any atom is 0.271 e. The summed E-state index contributed by atoms with van der Waals surface area (Å²) in [7, 11) is 0. The van der Waals surface area contributed by atoms with Crippen LogP contribution in [0.5, 0.6) is 0 Å². The van der Waals surface area contributed by atoms with Crippen molar-refractivity contribution in [1.82, 2.24) is 4.57 Å². The van der Waals surface area contributed by atoms with Crippen molar-refractivity contribution in [2.45, 2.75) is 6.04 Å². The van der Waals surface area contributed by atoms with Crippen LogP contribution in [0.25, 0.3) is 11.8 Å². The molecule has 2 heterocycles. The molecule has 1 aliphatic heterocycles. The van der Waals surface area contributed by atoms with Gasteiger partial charge in [-0.3, -0.25) is 9.36 Å². The number of hydrogen-bond acceptors (Lipinski definition) is 3. The van der Waals surface area contributed by atoms with Gasteiger partial charge in [-0.2, -0.15) is 0 Å². The molecule has 0 fully saturated rings. The molecule has 146 valence electrons. The van der Waals surface area contributed by atoms with Gasteiger partial charge >= 0.3 is 0 Å². The van der Waals surface area contributed by atoms with E-state index in [0.29, 0.717) is 4.53 Å². The van der Waals surface area contributed by atoms with Crippen molar-refractivity contribution in [1.29, 1.82) is 0 Å². The van der Waals surface area contributed by atoms with Crippen molar-refractivity contribution >= 4 is 39.0 Å². The highest BCUT2D eigenvalue weighted by molar-refractivity contribution is 9.10. The Labute approximate surface area is 186 Å². The summed E-state index contributed by atoms with van der Waals surface area (Å²) in [4.78, 5) is 18.9. The Bertz CT molecular complexity index is 1400. The quantitative estimate of drug-likeness (QED) is 0.423. The van der Waals surface area contributed by atoms with Gasteiger partial charge in [0.15, 0.2) is 4.80 Å². The number of fused-ring (bicyclic) bond motifs is 1. The summed E-state index contributed by atoms with van der Waals surface area (Å²) in [6, 6.07) is 27.9. The van der Waals surface area contributed by atoms with Crippen LogP contribution in [0.15, 0.2) is 105 Å². The molecule has 1 unspecified atom stereocenters. The van der Waals surface area contributed by atoms with Gasteiger partial charge in [-0.05, 0) is 41.0 Å². The van der Waals surface area contributed by atoms with Crippen molar-refractivity contribution in [3.8, 4) is 0 Å². The fourth-order valence-corrected chi connectivity index (χ4v) is 4.83. The summed E-state index contributed by atoms with van der Waals surface area (Å²) in [6.45, 7) is 0. The van der Waals surface area contributed by atoms with E-state index >= 15 is 0 Å². The lowest BCUT2D eigenvalue weighted by molar-refractivity contribution is 0.644. The summed E-state index contributed by atoms with van der Waals surface area (Å²) in [5.41, 5.74) is 3.97. The molecule has 0 radical (unpaired) electrons. The van der Waals surface area contributed by atoms with E-state index in [0.717, 1.165) is 31.7 Å². The zero-order valence-electron chi connectivity index (χ0n) is 15.9. The molecule has 30 heavy (non-hydrogen) atoms. The van der Waals surface area contributed by atoms with Crippen LogP contribution in [0.4, 0.5) is 0 Å². The second kappa shape index (κ2) is 8.01. The van der Waals surface area contributed by atoms with Crippen LogP contribution in [0.3, 0.4) is 0 Å². The van der Waals surface area contributed by atoms with Crippen molar-refractivity contribution in [3.05, 3.63) is 132 Å². The molecule has 0 bridgehead atoms. The molecule has 0 amide bonds. The zero-order chi connectivity index (χ0) is 20.5. The summed E-state index contributed by atoms with van der Waals surface area (Å²) in [5, 5.41) is 0. The number of nitrogens with zero attached hydrogens (tertiary/aromatic N) is 2. The molecule has 1 aromatic heterocycles. The van der Waals surface area contributed by atoms with Gasteiger partial charge in [0, 0.05) is 4.47 Å². The first-order valence-electron chi connectivity index (χ1n) is 9.58. The minimum absolute atomic E-state index is 0.0149. The molecule has 5 rings (SSSR count). The van der Waals surface area contributed by atoms with Gasteiger partial charge in [0.1, 0.15) is 0 Å². The Morgan fingerprint density at radius 1 is 0.900 bits per heavy atom. The number of halogens is 1. The average Bonchev–Trinajstić information content (AvgIpc) is 3.10. The van der Waals surface area contributed by atoms with Gasteiger partial charge in [0.2, 0.25) is 0 Å². The minimum atomic E-state index is -0.206. The van der Waals surface area contributed by atoms with Crippen LogP contribution in [-0.4, -0.2) is 4.57 Å². The van der Waals surface area contributed by atoms with Gasteiger partial charge in [0.05, 0.1) is 16.3 Å². The summed E-state index contributed by atoms with van der Waals surface area (Å²) >= 11 is 4.93. The van der Waals surface area contributed by atoms with E-state index in [1.54, 1.807) is 4.57 Å². The number of thiazole rings is 1. The van der Waals surface area contributed by atoms with Crippen LogP contribution < -0.4 is 14.9 Å². The van der Waals surface area contributed by atoms with Crippen LogP contribution in [0.1, 0.15) is 22.7 Å².